The number of anilines is 1. The van der Waals surface area contributed by atoms with Gasteiger partial charge < -0.3 is 14.8 Å². The molecule has 0 aliphatic carbocycles. The Morgan fingerprint density at radius 1 is 0.960 bits per heavy atom. The van der Waals surface area contributed by atoms with Gasteiger partial charge in [-0.05, 0) is 46.8 Å². The number of fused-ring (bicyclic) bond motifs is 1. The largest absolute Gasteiger partial charge is 0.454 e. The van der Waals surface area contributed by atoms with E-state index in [1.165, 1.54) is 11.3 Å². The van der Waals surface area contributed by atoms with Crippen LogP contribution in [0.5, 0.6) is 11.5 Å². The molecule has 0 atom stereocenters. The monoisotopic (exact) mass is 349 g/mol. The van der Waals surface area contributed by atoms with Gasteiger partial charge in [-0.25, -0.2) is 0 Å². The summed E-state index contributed by atoms with van der Waals surface area (Å²) in [6.45, 7) is 0.279. The highest BCUT2D eigenvalue weighted by Crippen LogP contribution is 2.33. The van der Waals surface area contributed by atoms with Crippen LogP contribution in [0.25, 0.3) is 12.2 Å². The molecule has 0 bridgehead atoms. The minimum absolute atomic E-state index is 0.0846. The Labute approximate surface area is 149 Å². The second-order valence-electron chi connectivity index (χ2n) is 5.50. The predicted molar refractivity (Wildman–Crippen MR) is 100 cm³/mol. The molecule has 1 aliphatic rings. The number of carbonyl (C=O) groups excluding carboxylic acids is 1. The van der Waals surface area contributed by atoms with Crippen LogP contribution in [0.3, 0.4) is 0 Å². The van der Waals surface area contributed by atoms with Gasteiger partial charge in [0.15, 0.2) is 11.5 Å². The predicted octanol–water partition coefficient (Wildman–Crippen LogP) is 4.90. The number of thiophene rings is 1. The van der Waals surface area contributed by atoms with Crippen LogP contribution >= 0.6 is 11.3 Å². The molecule has 4 nitrogen and oxygen atoms in total. The van der Waals surface area contributed by atoms with Gasteiger partial charge >= 0.3 is 0 Å². The average molecular weight is 349 g/mol. The van der Waals surface area contributed by atoms with E-state index in [0.29, 0.717) is 4.88 Å². The number of hydrogen-bond acceptors (Lipinski definition) is 4. The molecule has 0 fully saturated rings. The molecule has 0 spiro atoms. The molecule has 0 saturated heterocycles. The van der Waals surface area contributed by atoms with Gasteiger partial charge in [-0.3, -0.25) is 4.79 Å². The Morgan fingerprint density at radius 3 is 2.52 bits per heavy atom. The van der Waals surface area contributed by atoms with Crippen LogP contribution in [0.15, 0.2) is 60.0 Å². The molecule has 2 heterocycles. The van der Waals surface area contributed by atoms with E-state index < -0.39 is 0 Å². The molecule has 0 unspecified atom stereocenters. The van der Waals surface area contributed by atoms with Gasteiger partial charge in [-0.2, -0.15) is 0 Å². The summed E-state index contributed by atoms with van der Waals surface area (Å²) < 4.78 is 10.7. The van der Waals surface area contributed by atoms with E-state index in [1.807, 2.05) is 72.1 Å². The van der Waals surface area contributed by atoms with E-state index in [4.69, 9.17) is 9.47 Å². The Balaban J connectivity index is 1.42. The quantitative estimate of drug-likeness (QED) is 0.682. The van der Waals surface area contributed by atoms with Crippen molar-refractivity contribution in [2.24, 2.45) is 0 Å². The zero-order valence-electron chi connectivity index (χ0n) is 13.3. The van der Waals surface area contributed by atoms with Crippen molar-refractivity contribution in [3.63, 3.8) is 0 Å². The lowest BCUT2D eigenvalue weighted by Crippen LogP contribution is -2.09. The first-order valence-corrected chi connectivity index (χ1v) is 8.68. The van der Waals surface area contributed by atoms with Crippen molar-refractivity contribution in [3.8, 4) is 11.5 Å². The SMILES string of the molecule is O=C(Nc1ccc(/C=C/c2ccc3c(c2)OCO3)cc1)c1cccs1. The smallest absolute Gasteiger partial charge is 0.265 e. The summed E-state index contributed by atoms with van der Waals surface area (Å²) >= 11 is 1.43. The lowest BCUT2D eigenvalue weighted by molar-refractivity contribution is 0.103. The van der Waals surface area contributed by atoms with Crippen molar-refractivity contribution in [3.05, 3.63) is 76.0 Å². The summed E-state index contributed by atoms with van der Waals surface area (Å²) in [5.74, 6) is 1.47. The molecule has 1 amide bonds. The third-order valence-corrected chi connectivity index (χ3v) is 4.65. The number of nitrogens with one attached hydrogen (secondary N) is 1. The summed E-state index contributed by atoms with van der Waals surface area (Å²) in [5.41, 5.74) is 2.87. The van der Waals surface area contributed by atoms with E-state index in [-0.39, 0.29) is 12.7 Å². The van der Waals surface area contributed by atoms with Crippen LogP contribution in [-0.2, 0) is 0 Å². The molecule has 3 aromatic rings. The summed E-state index contributed by atoms with van der Waals surface area (Å²) in [6, 6.07) is 17.2. The first kappa shape index (κ1) is 15.5. The number of ether oxygens (including phenoxy) is 2. The summed E-state index contributed by atoms with van der Waals surface area (Å²) in [7, 11) is 0. The molecule has 4 rings (SSSR count). The van der Waals surface area contributed by atoms with Crippen molar-refractivity contribution in [2.75, 3.05) is 12.1 Å². The van der Waals surface area contributed by atoms with E-state index >= 15 is 0 Å². The van der Waals surface area contributed by atoms with Crippen LogP contribution in [0.1, 0.15) is 20.8 Å². The maximum atomic E-state index is 12.0. The number of hydrogen-bond donors (Lipinski definition) is 1. The van der Waals surface area contributed by atoms with Gasteiger partial charge in [-0.15, -0.1) is 11.3 Å². The Bertz CT molecular complexity index is 915. The maximum absolute atomic E-state index is 12.0. The van der Waals surface area contributed by atoms with Crippen molar-refractivity contribution >= 4 is 35.1 Å². The minimum atomic E-state index is -0.0846. The third kappa shape index (κ3) is 3.56. The second kappa shape index (κ2) is 6.83. The molecule has 25 heavy (non-hydrogen) atoms. The summed E-state index contributed by atoms with van der Waals surface area (Å²) in [5, 5.41) is 4.78. The van der Waals surface area contributed by atoms with Crippen molar-refractivity contribution in [1.82, 2.24) is 0 Å². The fourth-order valence-corrected chi connectivity index (χ4v) is 3.11. The van der Waals surface area contributed by atoms with Gasteiger partial charge in [0, 0.05) is 5.69 Å². The van der Waals surface area contributed by atoms with E-state index in [9.17, 15) is 4.79 Å². The normalized spacial score (nSPS) is 12.5. The maximum Gasteiger partial charge on any atom is 0.265 e. The number of amides is 1. The highest BCUT2D eigenvalue weighted by atomic mass is 32.1. The topological polar surface area (TPSA) is 47.6 Å². The highest BCUT2D eigenvalue weighted by molar-refractivity contribution is 7.12. The lowest BCUT2D eigenvalue weighted by atomic mass is 10.1. The lowest BCUT2D eigenvalue weighted by Gasteiger charge is -2.04. The van der Waals surface area contributed by atoms with Gasteiger partial charge in [0.05, 0.1) is 4.88 Å². The van der Waals surface area contributed by atoms with Gasteiger partial charge in [0.2, 0.25) is 6.79 Å². The zero-order chi connectivity index (χ0) is 17.1. The summed E-state index contributed by atoms with van der Waals surface area (Å²) in [6.07, 6.45) is 4.03. The van der Waals surface area contributed by atoms with Gasteiger partial charge in [0.25, 0.3) is 5.91 Å². The van der Waals surface area contributed by atoms with Crippen LogP contribution in [0.2, 0.25) is 0 Å². The molecule has 0 radical (unpaired) electrons. The molecular formula is C20H15NO3S. The first-order valence-electron chi connectivity index (χ1n) is 7.80. The van der Waals surface area contributed by atoms with E-state index in [1.54, 1.807) is 0 Å². The first-order chi connectivity index (χ1) is 12.3. The molecule has 1 aromatic heterocycles. The zero-order valence-corrected chi connectivity index (χ0v) is 14.1. The third-order valence-electron chi connectivity index (χ3n) is 3.78. The van der Waals surface area contributed by atoms with Crippen LogP contribution in [-0.4, -0.2) is 12.7 Å². The molecule has 1 N–H and O–H groups in total. The fourth-order valence-electron chi connectivity index (χ4n) is 2.49. The van der Waals surface area contributed by atoms with Crippen LogP contribution in [0.4, 0.5) is 5.69 Å². The minimum Gasteiger partial charge on any atom is -0.454 e. The van der Waals surface area contributed by atoms with Crippen molar-refractivity contribution < 1.29 is 14.3 Å². The molecule has 5 heteroatoms. The Morgan fingerprint density at radius 2 is 1.72 bits per heavy atom. The van der Waals surface area contributed by atoms with Crippen molar-refractivity contribution in [2.45, 2.75) is 0 Å². The van der Waals surface area contributed by atoms with Crippen LogP contribution in [0, 0.1) is 0 Å². The number of carbonyl (C=O) groups is 1. The average Bonchev–Trinajstić information content (AvgIpc) is 3.32. The summed E-state index contributed by atoms with van der Waals surface area (Å²) in [4.78, 5) is 12.7. The molecule has 2 aromatic carbocycles. The Hall–Kier alpha value is -3.05. The van der Waals surface area contributed by atoms with Gasteiger partial charge in [0.1, 0.15) is 0 Å². The van der Waals surface area contributed by atoms with E-state index in [0.717, 1.165) is 28.3 Å². The van der Waals surface area contributed by atoms with Gasteiger partial charge in [-0.1, -0.05) is 36.4 Å². The highest BCUT2D eigenvalue weighted by Gasteiger charge is 2.12. The number of rotatable bonds is 4. The number of benzene rings is 2. The molecule has 0 saturated carbocycles. The molecule has 1 aliphatic heterocycles. The molecule has 124 valence electrons. The van der Waals surface area contributed by atoms with Crippen molar-refractivity contribution in [1.29, 1.82) is 0 Å². The molecular weight excluding hydrogens is 334 g/mol. The standard InChI is InChI=1S/C20H15NO3S/c22-20(19-2-1-11-25-19)21-16-8-5-14(6-9-16)3-4-15-7-10-17-18(12-15)24-13-23-17/h1-12H,13H2,(H,21,22)/b4-3+. The van der Waals surface area contributed by atoms with Crippen LogP contribution < -0.4 is 14.8 Å². The second-order valence-corrected chi connectivity index (χ2v) is 6.45. The Kier molecular flexibility index (Phi) is 4.23. The van der Waals surface area contributed by atoms with E-state index in [2.05, 4.69) is 5.32 Å². The fraction of sp³-hybridized carbons (Fsp3) is 0.0500.